The fraction of sp³-hybridized carbons (Fsp3) is 0.0909. The maximum absolute atomic E-state index is 11.6. The van der Waals surface area contributed by atoms with E-state index in [1.807, 2.05) is 16.8 Å². The number of sulfonamides is 1. The van der Waals surface area contributed by atoms with E-state index < -0.39 is 10.0 Å². The number of rotatable bonds is 4. The van der Waals surface area contributed by atoms with E-state index in [0.717, 1.165) is 5.69 Å². The van der Waals surface area contributed by atoms with Crippen LogP contribution in [0.5, 0.6) is 0 Å². The fourth-order valence-electron chi connectivity index (χ4n) is 1.43. The molecule has 0 saturated heterocycles. The van der Waals surface area contributed by atoms with Crippen LogP contribution in [-0.4, -0.2) is 15.5 Å². The molecule has 0 aliphatic rings. The van der Waals surface area contributed by atoms with Crippen LogP contribution in [-0.2, 0) is 10.0 Å². The molecule has 96 valence electrons. The first-order chi connectivity index (χ1) is 8.53. The third-order valence-electron chi connectivity index (χ3n) is 2.40. The van der Waals surface area contributed by atoms with Crippen molar-refractivity contribution in [3.05, 3.63) is 35.0 Å². The van der Waals surface area contributed by atoms with E-state index in [0.29, 0.717) is 11.4 Å². The molecule has 0 unspecified atom stereocenters. The molecule has 0 aliphatic carbocycles. The summed E-state index contributed by atoms with van der Waals surface area (Å²) in [6.45, 7) is 0. The van der Waals surface area contributed by atoms with Crippen molar-refractivity contribution in [2.45, 2.75) is 4.90 Å². The molecule has 0 amide bonds. The topological polar surface area (TPSA) is 84.2 Å². The standard InChI is InChI=1S/C11H13N3O2S2/c1-13-18(15,16)9-2-3-11(10(12)6-9)14-8-4-5-17-7-8/h2-7,13-14H,12H2,1H3. The smallest absolute Gasteiger partial charge is 0.240 e. The molecule has 7 heteroatoms. The minimum Gasteiger partial charge on any atom is -0.397 e. The van der Waals surface area contributed by atoms with Gasteiger partial charge in [0.25, 0.3) is 0 Å². The second-order valence-corrected chi connectivity index (χ2v) is 6.26. The Balaban J connectivity index is 2.31. The molecule has 2 aromatic rings. The normalized spacial score (nSPS) is 11.4. The zero-order valence-corrected chi connectivity index (χ0v) is 11.3. The summed E-state index contributed by atoms with van der Waals surface area (Å²) in [5.41, 5.74) is 7.84. The van der Waals surface area contributed by atoms with Crippen LogP contribution >= 0.6 is 11.3 Å². The van der Waals surface area contributed by atoms with Crippen LogP contribution in [0.15, 0.2) is 39.9 Å². The summed E-state index contributed by atoms with van der Waals surface area (Å²) in [6, 6.07) is 6.51. The Morgan fingerprint density at radius 3 is 2.61 bits per heavy atom. The van der Waals surface area contributed by atoms with Gasteiger partial charge in [0.15, 0.2) is 0 Å². The first kappa shape index (κ1) is 12.9. The van der Waals surface area contributed by atoms with Crippen LogP contribution < -0.4 is 15.8 Å². The molecule has 0 fully saturated rings. The van der Waals surface area contributed by atoms with Crippen molar-refractivity contribution in [1.82, 2.24) is 4.72 Å². The number of nitrogens with two attached hydrogens (primary N) is 1. The van der Waals surface area contributed by atoms with Gasteiger partial charge in [-0.2, -0.15) is 11.3 Å². The zero-order valence-electron chi connectivity index (χ0n) is 9.67. The maximum atomic E-state index is 11.6. The van der Waals surface area contributed by atoms with Gasteiger partial charge in [0.05, 0.1) is 16.3 Å². The summed E-state index contributed by atoms with van der Waals surface area (Å²) in [5, 5.41) is 7.00. The highest BCUT2D eigenvalue weighted by molar-refractivity contribution is 7.89. The zero-order chi connectivity index (χ0) is 13.2. The number of anilines is 3. The van der Waals surface area contributed by atoms with Gasteiger partial charge < -0.3 is 11.1 Å². The summed E-state index contributed by atoms with van der Waals surface area (Å²) in [5.74, 6) is 0. The molecule has 4 N–H and O–H groups in total. The van der Waals surface area contributed by atoms with Crippen molar-refractivity contribution in [1.29, 1.82) is 0 Å². The van der Waals surface area contributed by atoms with Gasteiger partial charge in [0, 0.05) is 11.1 Å². The van der Waals surface area contributed by atoms with Crippen LogP contribution in [0.2, 0.25) is 0 Å². The Labute approximate surface area is 110 Å². The molecule has 0 aliphatic heterocycles. The molecule has 0 spiro atoms. The van der Waals surface area contributed by atoms with Gasteiger partial charge in [0.1, 0.15) is 0 Å². The van der Waals surface area contributed by atoms with Crippen molar-refractivity contribution < 1.29 is 8.42 Å². The summed E-state index contributed by atoms with van der Waals surface area (Å²) in [6.07, 6.45) is 0. The van der Waals surface area contributed by atoms with Gasteiger partial charge in [-0.25, -0.2) is 13.1 Å². The quantitative estimate of drug-likeness (QED) is 0.749. The molecule has 1 heterocycles. The second-order valence-electron chi connectivity index (χ2n) is 3.59. The monoisotopic (exact) mass is 283 g/mol. The van der Waals surface area contributed by atoms with Crippen molar-refractivity contribution >= 4 is 38.4 Å². The minimum atomic E-state index is -3.46. The average molecular weight is 283 g/mol. The van der Waals surface area contributed by atoms with Crippen molar-refractivity contribution in [2.75, 3.05) is 18.1 Å². The third-order valence-corrected chi connectivity index (χ3v) is 4.50. The Kier molecular flexibility index (Phi) is 3.55. The molecule has 1 aromatic heterocycles. The first-order valence-corrected chi connectivity index (χ1v) is 7.58. The number of nitrogens with one attached hydrogen (secondary N) is 2. The predicted octanol–water partition coefficient (Wildman–Crippen LogP) is 1.98. The largest absolute Gasteiger partial charge is 0.397 e. The van der Waals surface area contributed by atoms with Gasteiger partial charge in [-0.1, -0.05) is 0 Å². The first-order valence-electron chi connectivity index (χ1n) is 5.15. The van der Waals surface area contributed by atoms with E-state index in [2.05, 4.69) is 10.0 Å². The Hall–Kier alpha value is -1.57. The van der Waals surface area contributed by atoms with E-state index in [1.165, 1.54) is 19.2 Å². The predicted molar refractivity (Wildman–Crippen MR) is 74.7 cm³/mol. The van der Waals surface area contributed by atoms with Crippen molar-refractivity contribution in [3.8, 4) is 0 Å². The van der Waals surface area contributed by atoms with Crippen molar-refractivity contribution in [2.24, 2.45) is 0 Å². The molecule has 0 saturated carbocycles. The average Bonchev–Trinajstić information content (AvgIpc) is 2.84. The second kappa shape index (κ2) is 4.97. The summed E-state index contributed by atoms with van der Waals surface area (Å²) in [7, 11) is -2.09. The van der Waals surface area contributed by atoms with Crippen LogP contribution in [0.4, 0.5) is 17.1 Å². The van der Waals surface area contributed by atoms with Gasteiger partial charge >= 0.3 is 0 Å². The van der Waals surface area contributed by atoms with E-state index in [9.17, 15) is 8.42 Å². The van der Waals surface area contributed by atoms with Gasteiger partial charge in [-0.05, 0) is 36.7 Å². The van der Waals surface area contributed by atoms with Gasteiger partial charge in [-0.3, -0.25) is 0 Å². The lowest BCUT2D eigenvalue weighted by molar-refractivity contribution is 0.588. The molecule has 2 rings (SSSR count). The Morgan fingerprint density at radius 1 is 1.28 bits per heavy atom. The van der Waals surface area contributed by atoms with E-state index in [1.54, 1.807) is 17.4 Å². The highest BCUT2D eigenvalue weighted by atomic mass is 32.2. The molecule has 1 aromatic carbocycles. The molecule has 0 atom stereocenters. The van der Waals surface area contributed by atoms with E-state index in [4.69, 9.17) is 5.73 Å². The van der Waals surface area contributed by atoms with Crippen LogP contribution in [0.1, 0.15) is 0 Å². The molecule has 0 bridgehead atoms. The Bertz CT molecular complexity index is 636. The number of hydrogen-bond acceptors (Lipinski definition) is 5. The lowest BCUT2D eigenvalue weighted by atomic mass is 10.2. The Morgan fingerprint density at radius 2 is 2.06 bits per heavy atom. The molecular weight excluding hydrogens is 270 g/mol. The fourth-order valence-corrected chi connectivity index (χ4v) is 2.78. The minimum absolute atomic E-state index is 0.151. The SMILES string of the molecule is CNS(=O)(=O)c1ccc(Nc2ccsc2)c(N)c1. The third kappa shape index (κ3) is 2.63. The lowest BCUT2D eigenvalue weighted by Gasteiger charge is -2.09. The lowest BCUT2D eigenvalue weighted by Crippen LogP contribution is -2.18. The van der Waals surface area contributed by atoms with Crippen LogP contribution in [0.25, 0.3) is 0 Å². The van der Waals surface area contributed by atoms with E-state index >= 15 is 0 Å². The van der Waals surface area contributed by atoms with Gasteiger partial charge in [-0.15, -0.1) is 0 Å². The molecule has 5 nitrogen and oxygen atoms in total. The maximum Gasteiger partial charge on any atom is 0.240 e. The van der Waals surface area contributed by atoms with E-state index in [-0.39, 0.29) is 4.90 Å². The summed E-state index contributed by atoms with van der Waals surface area (Å²) < 4.78 is 25.4. The summed E-state index contributed by atoms with van der Waals surface area (Å²) >= 11 is 1.57. The molecular formula is C11H13N3O2S2. The van der Waals surface area contributed by atoms with Crippen LogP contribution in [0.3, 0.4) is 0 Å². The highest BCUT2D eigenvalue weighted by Gasteiger charge is 2.12. The number of thiophene rings is 1. The van der Waals surface area contributed by atoms with Crippen LogP contribution in [0, 0.1) is 0 Å². The number of hydrogen-bond donors (Lipinski definition) is 3. The van der Waals surface area contributed by atoms with Gasteiger partial charge in [0.2, 0.25) is 10.0 Å². The number of benzene rings is 1. The summed E-state index contributed by atoms with van der Waals surface area (Å²) in [4.78, 5) is 0.151. The van der Waals surface area contributed by atoms with Crippen molar-refractivity contribution in [3.63, 3.8) is 0 Å². The molecule has 18 heavy (non-hydrogen) atoms. The highest BCUT2D eigenvalue weighted by Crippen LogP contribution is 2.26. The number of nitrogen functional groups attached to an aromatic ring is 1. The molecule has 0 radical (unpaired) electrons.